The third-order valence-corrected chi connectivity index (χ3v) is 3.60. The van der Waals surface area contributed by atoms with E-state index in [-0.39, 0.29) is 23.6 Å². The zero-order valence-corrected chi connectivity index (χ0v) is 13.6. The molecule has 0 aliphatic rings. The maximum atomic E-state index is 12.6. The van der Waals surface area contributed by atoms with Gasteiger partial charge in [-0.15, -0.1) is 0 Å². The lowest BCUT2D eigenvalue weighted by Crippen LogP contribution is -2.14. The third-order valence-electron chi connectivity index (χ3n) is 3.60. The molecular formula is C16H19F3N4O2. The van der Waals surface area contributed by atoms with E-state index in [9.17, 15) is 23.1 Å². The summed E-state index contributed by atoms with van der Waals surface area (Å²) in [6.07, 6.45) is -4.23. The van der Waals surface area contributed by atoms with Crippen LogP contribution in [0.3, 0.4) is 0 Å². The number of aryl methyl sites for hydroxylation is 1. The van der Waals surface area contributed by atoms with Gasteiger partial charge >= 0.3 is 6.18 Å². The van der Waals surface area contributed by atoms with Crippen LogP contribution in [0.25, 0.3) is 0 Å². The van der Waals surface area contributed by atoms with Crippen LogP contribution in [0.5, 0.6) is 0 Å². The molecule has 0 aliphatic carbocycles. The van der Waals surface area contributed by atoms with Crippen molar-refractivity contribution in [2.45, 2.75) is 45.0 Å². The first-order valence-electron chi connectivity index (χ1n) is 7.79. The van der Waals surface area contributed by atoms with Crippen LogP contribution in [0.4, 0.5) is 13.2 Å². The number of nitrogens with zero attached hydrogens (tertiary/aromatic N) is 3. The van der Waals surface area contributed by atoms with E-state index in [1.165, 1.54) is 16.8 Å². The van der Waals surface area contributed by atoms with Crippen LogP contribution >= 0.6 is 0 Å². The van der Waals surface area contributed by atoms with Gasteiger partial charge in [0.25, 0.3) is 0 Å². The minimum atomic E-state index is -4.45. The van der Waals surface area contributed by atoms with Crippen molar-refractivity contribution in [3.05, 3.63) is 47.0 Å². The Balaban J connectivity index is 2.31. The lowest BCUT2D eigenvalue weighted by Gasteiger charge is -2.13. The second kappa shape index (κ2) is 7.64. The van der Waals surface area contributed by atoms with Gasteiger partial charge in [0.2, 0.25) is 5.91 Å². The van der Waals surface area contributed by atoms with Crippen LogP contribution in [-0.2, 0) is 23.9 Å². The van der Waals surface area contributed by atoms with E-state index in [0.29, 0.717) is 6.54 Å². The zero-order valence-electron chi connectivity index (χ0n) is 13.6. The van der Waals surface area contributed by atoms with Crippen LogP contribution in [-0.4, -0.2) is 25.8 Å². The first kappa shape index (κ1) is 18.9. The Morgan fingerprint density at radius 2 is 1.96 bits per heavy atom. The second-order valence-corrected chi connectivity index (χ2v) is 5.63. The Bertz CT molecular complexity index is 726. The first-order chi connectivity index (χ1) is 11.7. The lowest BCUT2D eigenvalue weighted by molar-refractivity contribution is -0.137. The van der Waals surface area contributed by atoms with Crippen LogP contribution in [0, 0.1) is 0 Å². The molecule has 1 aromatic carbocycles. The Hall–Kier alpha value is -2.42. The number of hydrogen-bond acceptors (Lipinski definition) is 4. The molecule has 0 bridgehead atoms. The molecule has 0 saturated heterocycles. The topological polar surface area (TPSA) is 94.0 Å². The molecule has 0 unspecified atom stereocenters. The molecule has 1 heterocycles. The van der Waals surface area contributed by atoms with Crippen molar-refractivity contribution in [1.29, 1.82) is 0 Å². The lowest BCUT2D eigenvalue weighted by atomic mass is 10.1. The second-order valence-electron chi connectivity index (χ2n) is 5.63. The van der Waals surface area contributed by atoms with Crippen LogP contribution in [0.1, 0.15) is 48.6 Å². The van der Waals surface area contributed by atoms with Crippen molar-refractivity contribution in [2.24, 2.45) is 5.73 Å². The standard InChI is InChI=1S/C16H19F3N4O2/c1-2-3-8-23-15(21-13(22-23)9-12(20)24)14(25)10-4-6-11(7-5-10)16(17,18)19/h4-7,14,25H,2-3,8-9H2,1H3,(H2,20,24)/t14-/m0/s1. The fraction of sp³-hybridized carbons (Fsp3) is 0.438. The molecule has 0 spiro atoms. The molecule has 1 atom stereocenters. The maximum Gasteiger partial charge on any atom is 0.416 e. The fourth-order valence-electron chi connectivity index (χ4n) is 2.31. The number of carbonyl (C=O) groups is 1. The van der Waals surface area contributed by atoms with E-state index in [2.05, 4.69) is 10.1 Å². The molecule has 25 heavy (non-hydrogen) atoms. The number of primary amides is 1. The van der Waals surface area contributed by atoms with Gasteiger partial charge in [-0.3, -0.25) is 4.79 Å². The number of nitrogens with two attached hydrogens (primary N) is 1. The predicted octanol–water partition coefficient (Wildman–Crippen LogP) is 2.21. The zero-order chi connectivity index (χ0) is 18.6. The number of aliphatic hydroxyl groups excluding tert-OH is 1. The average molecular weight is 356 g/mol. The maximum absolute atomic E-state index is 12.6. The van der Waals surface area contributed by atoms with Crippen molar-refractivity contribution in [3.8, 4) is 0 Å². The molecule has 6 nitrogen and oxygen atoms in total. The highest BCUT2D eigenvalue weighted by molar-refractivity contribution is 5.75. The van der Waals surface area contributed by atoms with Gasteiger partial charge in [0.05, 0.1) is 12.0 Å². The van der Waals surface area contributed by atoms with Crippen molar-refractivity contribution < 1.29 is 23.1 Å². The molecule has 1 amide bonds. The summed E-state index contributed by atoms with van der Waals surface area (Å²) in [6, 6.07) is 4.19. The largest absolute Gasteiger partial charge is 0.416 e. The van der Waals surface area contributed by atoms with E-state index in [4.69, 9.17) is 5.73 Å². The molecule has 0 radical (unpaired) electrons. The van der Waals surface area contributed by atoms with E-state index in [0.717, 1.165) is 25.0 Å². The van der Waals surface area contributed by atoms with Crippen LogP contribution in [0.2, 0.25) is 0 Å². The predicted molar refractivity (Wildman–Crippen MR) is 83.3 cm³/mol. The molecule has 1 aromatic heterocycles. The SMILES string of the molecule is CCCCn1nc(CC(N)=O)nc1[C@@H](O)c1ccc(C(F)(F)F)cc1. The first-order valence-corrected chi connectivity index (χ1v) is 7.79. The van der Waals surface area contributed by atoms with E-state index in [1.807, 2.05) is 6.92 Å². The quantitative estimate of drug-likeness (QED) is 0.795. The number of benzene rings is 1. The van der Waals surface area contributed by atoms with E-state index >= 15 is 0 Å². The highest BCUT2D eigenvalue weighted by atomic mass is 19.4. The molecule has 2 rings (SSSR count). The molecule has 136 valence electrons. The summed E-state index contributed by atoms with van der Waals surface area (Å²) >= 11 is 0. The summed E-state index contributed by atoms with van der Waals surface area (Å²) in [5, 5.41) is 14.6. The number of rotatable bonds is 7. The Kier molecular flexibility index (Phi) is 5.78. The smallest absolute Gasteiger partial charge is 0.380 e. The number of halogens is 3. The summed E-state index contributed by atoms with van der Waals surface area (Å²) in [7, 11) is 0. The molecule has 0 saturated carbocycles. The van der Waals surface area contributed by atoms with Gasteiger partial charge in [-0.1, -0.05) is 25.5 Å². The van der Waals surface area contributed by atoms with Crippen molar-refractivity contribution in [3.63, 3.8) is 0 Å². The van der Waals surface area contributed by atoms with Gasteiger partial charge in [0.15, 0.2) is 11.6 Å². The molecule has 2 aromatic rings. The highest BCUT2D eigenvalue weighted by Gasteiger charge is 2.30. The van der Waals surface area contributed by atoms with Crippen molar-refractivity contribution in [2.75, 3.05) is 0 Å². The number of unbranched alkanes of at least 4 members (excludes halogenated alkanes) is 1. The van der Waals surface area contributed by atoms with Gasteiger partial charge in [0.1, 0.15) is 6.10 Å². The number of aromatic nitrogens is 3. The Morgan fingerprint density at radius 1 is 1.32 bits per heavy atom. The fourth-order valence-corrected chi connectivity index (χ4v) is 2.31. The number of aliphatic hydroxyl groups is 1. The molecule has 0 aliphatic heterocycles. The molecule has 9 heteroatoms. The van der Waals surface area contributed by atoms with Crippen LogP contribution in [0.15, 0.2) is 24.3 Å². The van der Waals surface area contributed by atoms with Gasteiger partial charge in [-0.2, -0.15) is 18.3 Å². The Labute approximate surface area is 142 Å². The third kappa shape index (κ3) is 4.79. The van der Waals surface area contributed by atoms with Gasteiger partial charge in [-0.05, 0) is 24.1 Å². The highest BCUT2D eigenvalue weighted by Crippen LogP contribution is 2.30. The van der Waals surface area contributed by atoms with Crippen molar-refractivity contribution in [1.82, 2.24) is 14.8 Å². The summed E-state index contributed by atoms with van der Waals surface area (Å²) in [6.45, 7) is 2.45. The Morgan fingerprint density at radius 3 is 2.48 bits per heavy atom. The van der Waals surface area contributed by atoms with Crippen molar-refractivity contribution >= 4 is 5.91 Å². The summed E-state index contributed by atoms with van der Waals surface area (Å²) in [5.41, 5.74) is 4.58. The molecule has 3 N–H and O–H groups in total. The van der Waals surface area contributed by atoms with Gasteiger partial charge in [-0.25, -0.2) is 9.67 Å². The summed E-state index contributed by atoms with van der Waals surface area (Å²) in [4.78, 5) is 15.2. The van der Waals surface area contributed by atoms with Gasteiger partial charge < -0.3 is 10.8 Å². The number of alkyl halides is 3. The number of hydrogen-bond donors (Lipinski definition) is 2. The van der Waals surface area contributed by atoms with Crippen LogP contribution < -0.4 is 5.73 Å². The monoisotopic (exact) mass is 356 g/mol. The summed E-state index contributed by atoms with van der Waals surface area (Å²) in [5.74, 6) is -0.266. The van der Waals surface area contributed by atoms with E-state index in [1.54, 1.807) is 0 Å². The minimum Gasteiger partial charge on any atom is -0.380 e. The normalized spacial score (nSPS) is 13.0. The number of amides is 1. The van der Waals surface area contributed by atoms with Gasteiger partial charge in [0, 0.05) is 6.54 Å². The minimum absolute atomic E-state index is 0.171. The molecule has 0 fully saturated rings. The number of carbonyl (C=O) groups excluding carboxylic acids is 1. The average Bonchev–Trinajstić information content (AvgIpc) is 2.93. The molecular weight excluding hydrogens is 337 g/mol. The summed E-state index contributed by atoms with van der Waals surface area (Å²) < 4.78 is 39.4. The van der Waals surface area contributed by atoms with E-state index < -0.39 is 23.8 Å².